The molecule has 2 heterocycles. The lowest BCUT2D eigenvalue weighted by atomic mass is 10.3. The summed E-state index contributed by atoms with van der Waals surface area (Å²) >= 11 is 2.57. The minimum absolute atomic E-state index is 0.214. The fraction of sp³-hybridized carbons (Fsp3) is 0. The molecule has 0 radical (unpaired) electrons. The molecule has 2 aromatic heterocycles. The predicted molar refractivity (Wildman–Crippen MR) is 85.0 cm³/mol. The van der Waals surface area contributed by atoms with E-state index in [9.17, 15) is 9.59 Å². The normalized spacial score (nSPS) is 10.2. The summed E-state index contributed by atoms with van der Waals surface area (Å²) in [7, 11) is 0. The summed E-state index contributed by atoms with van der Waals surface area (Å²) < 4.78 is 10.6. The molecule has 0 aliphatic rings. The lowest BCUT2D eigenvalue weighted by Crippen LogP contribution is -2.10. The molecule has 0 spiro atoms. The van der Waals surface area contributed by atoms with Crippen molar-refractivity contribution >= 4 is 34.6 Å². The van der Waals surface area contributed by atoms with Crippen LogP contribution in [0.4, 0.5) is 0 Å². The number of benzene rings is 1. The van der Waals surface area contributed by atoms with E-state index in [0.29, 0.717) is 9.75 Å². The highest BCUT2D eigenvalue weighted by Gasteiger charge is 2.16. The summed E-state index contributed by atoms with van der Waals surface area (Å²) in [6.45, 7) is 0. The zero-order valence-electron chi connectivity index (χ0n) is 11.2. The number of esters is 2. The molecule has 0 saturated heterocycles. The molecule has 22 heavy (non-hydrogen) atoms. The number of rotatable bonds is 4. The molecule has 0 saturated carbocycles. The van der Waals surface area contributed by atoms with E-state index in [0.717, 1.165) is 0 Å². The third-order valence-electron chi connectivity index (χ3n) is 2.70. The van der Waals surface area contributed by atoms with Crippen LogP contribution >= 0.6 is 22.7 Å². The van der Waals surface area contributed by atoms with Crippen molar-refractivity contribution < 1.29 is 19.1 Å². The van der Waals surface area contributed by atoms with Gasteiger partial charge in [-0.2, -0.15) is 0 Å². The summed E-state index contributed by atoms with van der Waals surface area (Å²) in [4.78, 5) is 25.0. The summed E-state index contributed by atoms with van der Waals surface area (Å²) in [5, 5.41) is 3.58. The van der Waals surface area contributed by atoms with Gasteiger partial charge in [-0.1, -0.05) is 24.3 Å². The molecule has 0 aliphatic heterocycles. The Hall–Kier alpha value is -2.44. The van der Waals surface area contributed by atoms with Crippen molar-refractivity contribution in [2.75, 3.05) is 0 Å². The Morgan fingerprint density at radius 1 is 0.682 bits per heavy atom. The summed E-state index contributed by atoms with van der Waals surface area (Å²) in [6.07, 6.45) is 0. The maximum atomic E-state index is 12.0. The molecule has 0 fully saturated rings. The first-order valence-electron chi connectivity index (χ1n) is 6.34. The monoisotopic (exact) mass is 330 g/mol. The Morgan fingerprint density at radius 3 is 1.50 bits per heavy atom. The second-order valence-corrected chi connectivity index (χ2v) is 6.08. The van der Waals surface area contributed by atoms with Crippen LogP contribution in [0.2, 0.25) is 0 Å². The largest absolute Gasteiger partial charge is 0.418 e. The van der Waals surface area contributed by atoms with Gasteiger partial charge < -0.3 is 9.47 Å². The SMILES string of the molecule is O=C(Oc1ccccc1OC(=O)c1cccs1)c1cccs1. The van der Waals surface area contributed by atoms with E-state index in [1.807, 2.05) is 0 Å². The van der Waals surface area contributed by atoms with Gasteiger partial charge in [0.1, 0.15) is 9.75 Å². The van der Waals surface area contributed by atoms with Crippen LogP contribution in [-0.4, -0.2) is 11.9 Å². The first-order valence-corrected chi connectivity index (χ1v) is 8.10. The van der Waals surface area contributed by atoms with Crippen LogP contribution in [0.5, 0.6) is 11.5 Å². The van der Waals surface area contributed by atoms with E-state index < -0.39 is 11.9 Å². The smallest absolute Gasteiger partial charge is 0.353 e. The Kier molecular flexibility index (Phi) is 4.32. The number of thiophene rings is 2. The summed E-state index contributed by atoms with van der Waals surface area (Å²) in [5.74, 6) is -0.527. The summed E-state index contributed by atoms with van der Waals surface area (Å²) in [6, 6.07) is 13.5. The van der Waals surface area contributed by atoms with Crippen LogP contribution in [-0.2, 0) is 0 Å². The number of hydrogen-bond donors (Lipinski definition) is 0. The lowest BCUT2D eigenvalue weighted by Gasteiger charge is -2.09. The second kappa shape index (κ2) is 6.55. The van der Waals surface area contributed by atoms with Crippen molar-refractivity contribution in [2.24, 2.45) is 0 Å². The van der Waals surface area contributed by atoms with E-state index in [4.69, 9.17) is 9.47 Å². The van der Waals surface area contributed by atoms with Crippen LogP contribution in [0.1, 0.15) is 19.3 Å². The Bertz CT molecular complexity index is 709. The highest BCUT2D eigenvalue weighted by molar-refractivity contribution is 7.12. The molecule has 0 amide bonds. The van der Waals surface area contributed by atoms with Crippen molar-refractivity contribution in [1.29, 1.82) is 0 Å². The first kappa shape index (κ1) is 14.5. The average Bonchev–Trinajstić information content (AvgIpc) is 3.23. The van der Waals surface area contributed by atoms with E-state index in [1.54, 1.807) is 59.3 Å². The minimum Gasteiger partial charge on any atom is -0.418 e. The van der Waals surface area contributed by atoms with Crippen LogP contribution in [0, 0.1) is 0 Å². The van der Waals surface area contributed by atoms with Gasteiger partial charge in [-0.05, 0) is 35.0 Å². The Morgan fingerprint density at radius 2 is 1.14 bits per heavy atom. The third-order valence-corrected chi connectivity index (χ3v) is 4.40. The zero-order valence-corrected chi connectivity index (χ0v) is 12.9. The molecule has 0 N–H and O–H groups in total. The maximum absolute atomic E-state index is 12.0. The highest BCUT2D eigenvalue weighted by Crippen LogP contribution is 2.29. The first-order chi connectivity index (χ1) is 10.7. The maximum Gasteiger partial charge on any atom is 0.353 e. The second-order valence-electron chi connectivity index (χ2n) is 4.18. The third kappa shape index (κ3) is 3.24. The Labute approximate surface area is 134 Å². The average molecular weight is 330 g/mol. The van der Waals surface area contributed by atoms with Crippen LogP contribution in [0.15, 0.2) is 59.3 Å². The van der Waals surface area contributed by atoms with Crippen molar-refractivity contribution in [3.05, 3.63) is 69.0 Å². The molecule has 4 nitrogen and oxygen atoms in total. The van der Waals surface area contributed by atoms with Gasteiger partial charge >= 0.3 is 11.9 Å². The van der Waals surface area contributed by atoms with Crippen molar-refractivity contribution in [3.63, 3.8) is 0 Å². The molecular formula is C16H10O4S2. The van der Waals surface area contributed by atoms with Crippen LogP contribution in [0.25, 0.3) is 0 Å². The van der Waals surface area contributed by atoms with Gasteiger partial charge in [0, 0.05) is 0 Å². The number of para-hydroxylation sites is 2. The molecule has 0 bridgehead atoms. The fourth-order valence-corrected chi connectivity index (χ4v) is 2.91. The molecule has 0 aliphatic carbocycles. The van der Waals surface area contributed by atoms with E-state index >= 15 is 0 Å². The number of ether oxygens (including phenoxy) is 2. The van der Waals surface area contributed by atoms with Gasteiger partial charge in [0.25, 0.3) is 0 Å². The predicted octanol–water partition coefficient (Wildman–Crippen LogP) is 4.25. The van der Waals surface area contributed by atoms with Gasteiger partial charge in [-0.15, -0.1) is 22.7 Å². The van der Waals surface area contributed by atoms with Crippen molar-refractivity contribution in [2.45, 2.75) is 0 Å². The molecule has 1 aromatic carbocycles. The van der Waals surface area contributed by atoms with Gasteiger partial charge in [0.05, 0.1) is 0 Å². The van der Waals surface area contributed by atoms with Gasteiger partial charge in [0.2, 0.25) is 0 Å². The molecule has 3 rings (SSSR count). The summed E-state index contributed by atoms with van der Waals surface area (Å²) in [5.41, 5.74) is 0. The number of carbonyl (C=O) groups is 2. The number of hydrogen-bond acceptors (Lipinski definition) is 6. The highest BCUT2D eigenvalue weighted by atomic mass is 32.1. The minimum atomic E-state index is -0.477. The topological polar surface area (TPSA) is 52.6 Å². The molecule has 6 heteroatoms. The van der Waals surface area contributed by atoms with Crippen LogP contribution < -0.4 is 9.47 Å². The fourth-order valence-electron chi connectivity index (χ4n) is 1.71. The standard InChI is InChI=1S/C16H10O4S2/c17-15(13-7-3-9-21-13)19-11-5-1-2-6-12(11)20-16(18)14-8-4-10-22-14/h1-10H. The molecule has 0 unspecified atom stereocenters. The van der Waals surface area contributed by atoms with Crippen molar-refractivity contribution in [1.82, 2.24) is 0 Å². The quantitative estimate of drug-likeness (QED) is 0.530. The van der Waals surface area contributed by atoms with Gasteiger partial charge in [-0.25, -0.2) is 9.59 Å². The Balaban J connectivity index is 1.78. The van der Waals surface area contributed by atoms with Crippen LogP contribution in [0.3, 0.4) is 0 Å². The van der Waals surface area contributed by atoms with E-state index in [-0.39, 0.29) is 11.5 Å². The van der Waals surface area contributed by atoms with E-state index in [2.05, 4.69) is 0 Å². The number of carbonyl (C=O) groups excluding carboxylic acids is 2. The van der Waals surface area contributed by atoms with Gasteiger partial charge in [-0.3, -0.25) is 0 Å². The zero-order chi connectivity index (χ0) is 15.4. The molecule has 3 aromatic rings. The lowest BCUT2D eigenvalue weighted by molar-refractivity contribution is 0.0687. The van der Waals surface area contributed by atoms with E-state index in [1.165, 1.54) is 22.7 Å². The van der Waals surface area contributed by atoms with Gasteiger partial charge in [0.15, 0.2) is 11.5 Å². The molecule has 110 valence electrons. The molecular weight excluding hydrogens is 320 g/mol. The molecule has 0 atom stereocenters. The van der Waals surface area contributed by atoms with Crippen molar-refractivity contribution in [3.8, 4) is 11.5 Å².